The summed E-state index contributed by atoms with van der Waals surface area (Å²) in [5.41, 5.74) is 0.428. The molecule has 1 saturated heterocycles. The van der Waals surface area contributed by atoms with Crippen LogP contribution in [0, 0.1) is 12.3 Å². The van der Waals surface area contributed by atoms with Crippen LogP contribution in [0.3, 0.4) is 0 Å². The maximum atomic E-state index is 12.4. The van der Waals surface area contributed by atoms with Gasteiger partial charge in [-0.25, -0.2) is 0 Å². The van der Waals surface area contributed by atoms with Crippen molar-refractivity contribution in [3.63, 3.8) is 0 Å². The lowest BCUT2D eigenvalue weighted by Crippen LogP contribution is -2.48. The molecule has 0 aromatic carbocycles. The van der Waals surface area contributed by atoms with E-state index in [-0.39, 0.29) is 23.7 Å². The fourth-order valence-electron chi connectivity index (χ4n) is 2.73. The average molecular weight is 282 g/mol. The number of rotatable bonds is 5. The first-order valence-corrected chi connectivity index (χ1v) is 6.93. The third-order valence-corrected chi connectivity index (χ3v) is 3.96. The molecule has 0 spiro atoms. The van der Waals surface area contributed by atoms with Crippen molar-refractivity contribution in [3.8, 4) is 0 Å². The first-order chi connectivity index (χ1) is 9.60. The number of hydrogen-bond donors (Lipinski definition) is 1. The Kier molecular flexibility index (Phi) is 4.77. The minimum Gasteiger partial charge on any atom is -0.396 e. The number of aliphatic hydroxyl groups is 1. The molecule has 6 heteroatoms. The fraction of sp³-hybridized carbons (Fsp3) is 0.714. The van der Waals surface area contributed by atoms with Crippen molar-refractivity contribution in [1.82, 2.24) is 10.1 Å². The van der Waals surface area contributed by atoms with Gasteiger partial charge < -0.3 is 19.3 Å². The summed E-state index contributed by atoms with van der Waals surface area (Å²) in [4.78, 5) is 14.1. The fourth-order valence-corrected chi connectivity index (χ4v) is 2.73. The van der Waals surface area contributed by atoms with Crippen LogP contribution in [-0.2, 0) is 4.74 Å². The van der Waals surface area contributed by atoms with Gasteiger partial charge in [0.05, 0.1) is 12.3 Å². The van der Waals surface area contributed by atoms with Crippen LogP contribution < -0.4 is 0 Å². The van der Waals surface area contributed by atoms with Gasteiger partial charge in [-0.3, -0.25) is 4.79 Å². The third kappa shape index (κ3) is 3.19. The average Bonchev–Trinajstić information content (AvgIpc) is 2.91. The molecule has 2 heterocycles. The summed E-state index contributed by atoms with van der Waals surface area (Å²) in [5.74, 6) is 0.114. The Balaban J connectivity index is 2.07. The van der Waals surface area contributed by atoms with Gasteiger partial charge in [0, 0.05) is 38.3 Å². The molecule has 1 atom stereocenters. The van der Waals surface area contributed by atoms with Crippen LogP contribution in [0.4, 0.5) is 0 Å². The standard InChI is InChI=1S/C14H22N2O4/c1-11-8-12(20-15-11)13(18)16-6-3-4-14(9-16,10-17)5-7-19-2/h8,17H,3-7,9-10H2,1-2H3/t14-/m0/s1. The zero-order chi connectivity index (χ0) is 14.6. The van der Waals surface area contributed by atoms with Gasteiger partial charge in [-0.15, -0.1) is 0 Å². The highest BCUT2D eigenvalue weighted by molar-refractivity contribution is 5.91. The highest BCUT2D eigenvalue weighted by Crippen LogP contribution is 2.33. The van der Waals surface area contributed by atoms with Gasteiger partial charge in [0.2, 0.25) is 5.76 Å². The number of nitrogens with zero attached hydrogens (tertiary/aromatic N) is 2. The monoisotopic (exact) mass is 282 g/mol. The molecule has 0 unspecified atom stereocenters. The summed E-state index contributed by atoms with van der Waals surface area (Å²) < 4.78 is 10.1. The molecule has 1 aliphatic heterocycles. The topological polar surface area (TPSA) is 75.8 Å². The predicted molar refractivity (Wildman–Crippen MR) is 72.4 cm³/mol. The molecule has 0 bridgehead atoms. The van der Waals surface area contributed by atoms with Gasteiger partial charge in [0.1, 0.15) is 0 Å². The van der Waals surface area contributed by atoms with Gasteiger partial charge in [-0.2, -0.15) is 0 Å². The van der Waals surface area contributed by atoms with E-state index in [1.807, 2.05) is 0 Å². The smallest absolute Gasteiger partial charge is 0.292 e. The van der Waals surface area contributed by atoms with E-state index in [0.717, 1.165) is 19.3 Å². The van der Waals surface area contributed by atoms with E-state index in [1.165, 1.54) is 0 Å². The minimum absolute atomic E-state index is 0.0651. The van der Waals surface area contributed by atoms with E-state index < -0.39 is 0 Å². The van der Waals surface area contributed by atoms with E-state index in [4.69, 9.17) is 9.26 Å². The number of aliphatic hydroxyl groups excluding tert-OH is 1. The molecule has 1 amide bonds. The van der Waals surface area contributed by atoms with E-state index >= 15 is 0 Å². The zero-order valence-electron chi connectivity index (χ0n) is 12.1. The number of piperidine rings is 1. The SMILES string of the molecule is COCC[C@@]1(CO)CCCN(C(=O)c2cc(C)no2)C1. The van der Waals surface area contributed by atoms with Crippen LogP contribution in [0.2, 0.25) is 0 Å². The number of aryl methyl sites for hydroxylation is 1. The van der Waals surface area contributed by atoms with E-state index in [0.29, 0.717) is 25.4 Å². The maximum Gasteiger partial charge on any atom is 0.292 e. The number of carbonyl (C=O) groups is 1. The molecule has 1 aliphatic rings. The van der Waals surface area contributed by atoms with Crippen LogP contribution in [0.15, 0.2) is 10.6 Å². The van der Waals surface area contributed by atoms with Gasteiger partial charge in [0.25, 0.3) is 5.91 Å². The number of hydrogen-bond acceptors (Lipinski definition) is 5. The van der Waals surface area contributed by atoms with Gasteiger partial charge in [-0.05, 0) is 26.2 Å². The number of aromatic nitrogens is 1. The molecule has 0 aliphatic carbocycles. The molecule has 20 heavy (non-hydrogen) atoms. The van der Waals surface area contributed by atoms with E-state index in [2.05, 4.69) is 5.16 Å². The van der Waals surface area contributed by atoms with Crippen molar-refractivity contribution in [2.45, 2.75) is 26.2 Å². The first kappa shape index (κ1) is 15.0. The Morgan fingerprint density at radius 3 is 3.05 bits per heavy atom. The Bertz CT molecular complexity index is 460. The van der Waals surface area contributed by atoms with Gasteiger partial charge in [0.15, 0.2) is 0 Å². The van der Waals surface area contributed by atoms with Gasteiger partial charge in [-0.1, -0.05) is 5.16 Å². The largest absolute Gasteiger partial charge is 0.396 e. The summed E-state index contributed by atoms with van der Waals surface area (Å²) in [7, 11) is 1.65. The van der Waals surface area contributed by atoms with Crippen molar-refractivity contribution >= 4 is 5.91 Å². The Labute approximate surface area is 118 Å². The van der Waals surface area contributed by atoms with Crippen molar-refractivity contribution in [3.05, 3.63) is 17.5 Å². The van der Waals surface area contributed by atoms with Crippen molar-refractivity contribution in [2.24, 2.45) is 5.41 Å². The summed E-state index contributed by atoms with van der Waals surface area (Å²) in [6, 6.07) is 1.65. The summed E-state index contributed by atoms with van der Waals surface area (Å²) in [6.45, 7) is 3.66. The predicted octanol–water partition coefficient (Wildman–Crippen LogP) is 1.23. The number of carbonyl (C=O) groups excluding carboxylic acids is 1. The number of amides is 1. The van der Waals surface area contributed by atoms with Crippen LogP contribution in [0.5, 0.6) is 0 Å². The van der Waals surface area contributed by atoms with E-state index in [1.54, 1.807) is 25.0 Å². The first-order valence-electron chi connectivity index (χ1n) is 6.93. The second-order valence-corrected chi connectivity index (χ2v) is 5.56. The molecule has 1 fully saturated rings. The third-order valence-electron chi connectivity index (χ3n) is 3.96. The molecule has 1 aromatic rings. The normalized spacial score (nSPS) is 23.1. The molecule has 1 N–H and O–H groups in total. The quantitative estimate of drug-likeness (QED) is 0.879. The lowest BCUT2D eigenvalue weighted by atomic mass is 9.78. The summed E-state index contributed by atoms with van der Waals surface area (Å²) in [6.07, 6.45) is 2.54. The summed E-state index contributed by atoms with van der Waals surface area (Å²) in [5, 5.41) is 13.5. The highest BCUT2D eigenvalue weighted by Gasteiger charge is 2.37. The second-order valence-electron chi connectivity index (χ2n) is 5.56. The lowest BCUT2D eigenvalue weighted by molar-refractivity contribution is 0.00738. The lowest BCUT2D eigenvalue weighted by Gasteiger charge is -2.41. The van der Waals surface area contributed by atoms with Crippen LogP contribution >= 0.6 is 0 Å². The molecule has 112 valence electrons. The van der Waals surface area contributed by atoms with Crippen molar-refractivity contribution in [2.75, 3.05) is 33.4 Å². The Hall–Kier alpha value is -1.40. The van der Waals surface area contributed by atoms with Gasteiger partial charge >= 0.3 is 0 Å². The Morgan fingerprint density at radius 1 is 1.65 bits per heavy atom. The zero-order valence-corrected chi connectivity index (χ0v) is 12.1. The van der Waals surface area contributed by atoms with Crippen LogP contribution in [0.1, 0.15) is 35.5 Å². The number of ether oxygens (including phenoxy) is 1. The van der Waals surface area contributed by atoms with Crippen molar-refractivity contribution < 1.29 is 19.2 Å². The molecule has 6 nitrogen and oxygen atoms in total. The van der Waals surface area contributed by atoms with Crippen LogP contribution in [-0.4, -0.2) is 54.5 Å². The van der Waals surface area contributed by atoms with Crippen LogP contribution in [0.25, 0.3) is 0 Å². The second kappa shape index (κ2) is 6.37. The minimum atomic E-state index is -0.265. The molecule has 2 rings (SSSR count). The molecule has 0 radical (unpaired) electrons. The highest BCUT2D eigenvalue weighted by atomic mass is 16.5. The summed E-state index contributed by atoms with van der Waals surface area (Å²) >= 11 is 0. The molecule has 0 saturated carbocycles. The molecular formula is C14H22N2O4. The number of methoxy groups -OCH3 is 1. The van der Waals surface area contributed by atoms with E-state index in [9.17, 15) is 9.90 Å². The molecular weight excluding hydrogens is 260 g/mol. The Morgan fingerprint density at radius 2 is 2.45 bits per heavy atom. The van der Waals surface area contributed by atoms with Crippen molar-refractivity contribution in [1.29, 1.82) is 0 Å². The number of likely N-dealkylation sites (tertiary alicyclic amines) is 1. The maximum absolute atomic E-state index is 12.4. The molecule has 1 aromatic heterocycles.